The smallest absolute Gasteiger partial charge is 0.324 e. The SMILES string of the molecule is CCCCc1cc(NC(=O)Nc2ccc(F)c(F)c2F)n(-c2ccc(CC(=O)O)cc2)n1. The first kappa shape index (κ1) is 22.9. The molecule has 0 aliphatic heterocycles. The number of carbonyl (C=O) groups is 2. The summed E-state index contributed by atoms with van der Waals surface area (Å²) in [5, 5.41) is 18.1. The van der Waals surface area contributed by atoms with Crippen LogP contribution < -0.4 is 10.6 Å². The van der Waals surface area contributed by atoms with Crippen LogP contribution in [0.5, 0.6) is 0 Å². The normalized spacial score (nSPS) is 10.8. The molecule has 0 radical (unpaired) electrons. The van der Waals surface area contributed by atoms with Gasteiger partial charge in [0.25, 0.3) is 0 Å². The Morgan fingerprint density at radius 2 is 1.75 bits per heavy atom. The number of hydrogen-bond acceptors (Lipinski definition) is 3. The number of amides is 2. The largest absolute Gasteiger partial charge is 0.481 e. The third-order valence-corrected chi connectivity index (χ3v) is 4.61. The van der Waals surface area contributed by atoms with Gasteiger partial charge in [0, 0.05) is 6.07 Å². The second-order valence-corrected chi connectivity index (χ2v) is 7.08. The zero-order valence-corrected chi connectivity index (χ0v) is 17.2. The van der Waals surface area contributed by atoms with Crippen molar-refractivity contribution in [3.05, 3.63) is 71.2 Å². The zero-order chi connectivity index (χ0) is 23.3. The molecular formula is C22H21F3N4O3. The Morgan fingerprint density at radius 3 is 2.41 bits per heavy atom. The van der Waals surface area contributed by atoms with Gasteiger partial charge >= 0.3 is 12.0 Å². The molecule has 0 unspecified atom stereocenters. The van der Waals surface area contributed by atoms with Gasteiger partial charge in [-0.15, -0.1) is 0 Å². The number of benzene rings is 2. The average Bonchev–Trinajstić information content (AvgIpc) is 3.15. The molecule has 3 rings (SSSR count). The fourth-order valence-corrected chi connectivity index (χ4v) is 3.02. The van der Waals surface area contributed by atoms with Crippen molar-refractivity contribution in [2.45, 2.75) is 32.6 Å². The van der Waals surface area contributed by atoms with Crippen molar-refractivity contribution in [1.82, 2.24) is 9.78 Å². The lowest BCUT2D eigenvalue weighted by atomic mass is 10.1. The molecule has 0 fully saturated rings. The quantitative estimate of drug-likeness (QED) is 0.429. The topological polar surface area (TPSA) is 96.2 Å². The number of nitrogens with zero attached hydrogens (tertiary/aromatic N) is 2. The summed E-state index contributed by atoms with van der Waals surface area (Å²) in [4.78, 5) is 23.3. The summed E-state index contributed by atoms with van der Waals surface area (Å²) >= 11 is 0. The highest BCUT2D eigenvalue weighted by atomic mass is 19.2. The highest BCUT2D eigenvalue weighted by Crippen LogP contribution is 2.22. The Morgan fingerprint density at radius 1 is 1.03 bits per heavy atom. The van der Waals surface area contributed by atoms with E-state index < -0.39 is 35.1 Å². The Labute approximate surface area is 181 Å². The summed E-state index contributed by atoms with van der Waals surface area (Å²) < 4.78 is 41.8. The number of aryl methyl sites for hydroxylation is 1. The van der Waals surface area contributed by atoms with E-state index in [1.54, 1.807) is 30.3 Å². The summed E-state index contributed by atoms with van der Waals surface area (Å²) in [6.07, 6.45) is 2.35. The van der Waals surface area contributed by atoms with Gasteiger partial charge in [-0.25, -0.2) is 22.6 Å². The number of aromatic nitrogens is 2. The van der Waals surface area contributed by atoms with E-state index in [-0.39, 0.29) is 12.2 Å². The van der Waals surface area contributed by atoms with Gasteiger partial charge in [-0.2, -0.15) is 5.10 Å². The van der Waals surface area contributed by atoms with Crippen molar-refractivity contribution in [3.8, 4) is 5.69 Å². The summed E-state index contributed by atoms with van der Waals surface area (Å²) in [6.45, 7) is 2.03. The fraction of sp³-hybridized carbons (Fsp3) is 0.227. The molecule has 10 heteroatoms. The number of unbranched alkanes of at least 4 members (excludes halogenated alkanes) is 1. The molecule has 168 valence electrons. The lowest BCUT2D eigenvalue weighted by molar-refractivity contribution is -0.136. The molecule has 0 saturated heterocycles. The van der Waals surface area contributed by atoms with Gasteiger partial charge < -0.3 is 10.4 Å². The van der Waals surface area contributed by atoms with Crippen molar-refractivity contribution >= 4 is 23.5 Å². The first-order valence-corrected chi connectivity index (χ1v) is 9.90. The maximum Gasteiger partial charge on any atom is 0.324 e. The zero-order valence-electron chi connectivity index (χ0n) is 17.2. The Hall–Kier alpha value is -3.82. The van der Waals surface area contributed by atoms with Crippen LogP contribution >= 0.6 is 0 Å². The van der Waals surface area contributed by atoms with Crippen LogP contribution in [0, 0.1) is 17.5 Å². The second kappa shape index (κ2) is 9.99. The monoisotopic (exact) mass is 446 g/mol. The van der Waals surface area contributed by atoms with Crippen LogP contribution in [0.1, 0.15) is 31.0 Å². The minimum Gasteiger partial charge on any atom is -0.481 e. The Balaban J connectivity index is 1.84. The number of carboxylic acid groups (broad SMARTS) is 1. The molecule has 7 nitrogen and oxygen atoms in total. The third-order valence-electron chi connectivity index (χ3n) is 4.61. The van der Waals surface area contributed by atoms with Crippen molar-refractivity contribution in [2.24, 2.45) is 0 Å². The molecule has 0 atom stereocenters. The van der Waals surface area contributed by atoms with E-state index in [1.807, 2.05) is 6.92 Å². The van der Waals surface area contributed by atoms with Gasteiger partial charge in [0.2, 0.25) is 0 Å². The molecule has 0 aliphatic rings. The van der Waals surface area contributed by atoms with Gasteiger partial charge in [-0.3, -0.25) is 10.1 Å². The molecule has 2 amide bonds. The number of anilines is 2. The number of rotatable bonds is 8. The number of carbonyl (C=O) groups excluding carboxylic acids is 1. The van der Waals surface area contributed by atoms with E-state index in [0.717, 1.165) is 18.9 Å². The van der Waals surface area contributed by atoms with E-state index in [2.05, 4.69) is 15.7 Å². The van der Waals surface area contributed by atoms with Crippen LogP contribution in [0.3, 0.4) is 0 Å². The first-order valence-electron chi connectivity index (χ1n) is 9.90. The lowest BCUT2D eigenvalue weighted by Crippen LogP contribution is -2.22. The van der Waals surface area contributed by atoms with Crippen LogP contribution in [0.4, 0.5) is 29.5 Å². The van der Waals surface area contributed by atoms with Crippen molar-refractivity contribution in [1.29, 1.82) is 0 Å². The molecule has 1 aromatic heterocycles. The molecule has 3 aromatic rings. The van der Waals surface area contributed by atoms with E-state index >= 15 is 0 Å². The first-order chi connectivity index (χ1) is 15.3. The third kappa shape index (κ3) is 5.45. The predicted octanol–water partition coefficient (Wildman–Crippen LogP) is 4.90. The van der Waals surface area contributed by atoms with E-state index in [0.29, 0.717) is 29.4 Å². The number of aliphatic carboxylic acids is 1. The highest BCUT2D eigenvalue weighted by molar-refractivity contribution is 5.99. The summed E-state index contributed by atoms with van der Waals surface area (Å²) in [6, 6.07) is 9.00. The number of halogens is 3. The van der Waals surface area contributed by atoms with Crippen LogP contribution in [0.15, 0.2) is 42.5 Å². The molecule has 1 heterocycles. The van der Waals surface area contributed by atoms with Gasteiger partial charge in [0.1, 0.15) is 5.82 Å². The van der Waals surface area contributed by atoms with E-state index in [9.17, 15) is 22.8 Å². The molecule has 3 N–H and O–H groups in total. The number of urea groups is 1. The molecule has 2 aromatic carbocycles. The second-order valence-electron chi connectivity index (χ2n) is 7.08. The van der Waals surface area contributed by atoms with Crippen LogP contribution in [-0.2, 0) is 17.6 Å². The lowest BCUT2D eigenvalue weighted by Gasteiger charge is -2.11. The molecule has 0 aliphatic carbocycles. The maximum absolute atomic E-state index is 13.9. The van der Waals surface area contributed by atoms with E-state index in [4.69, 9.17) is 5.11 Å². The maximum atomic E-state index is 13.9. The average molecular weight is 446 g/mol. The Bertz CT molecular complexity index is 1130. The standard InChI is InChI=1S/C22H21F3N4O3/c1-2-3-4-14-12-18(27-22(32)26-17-10-9-16(23)20(24)21(17)25)29(28-14)15-7-5-13(6-8-15)11-19(30)31/h5-10,12H,2-4,11H2,1H3,(H,30,31)(H2,26,27,32). The van der Waals surface area contributed by atoms with Gasteiger partial charge in [-0.05, 0) is 42.7 Å². The van der Waals surface area contributed by atoms with Crippen molar-refractivity contribution < 1.29 is 27.9 Å². The fourth-order valence-electron chi connectivity index (χ4n) is 3.02. The highest BCUT2D eigenvalue weighted by Gasteiger charge is 2.17. The molecule has 0 bridgehead atoms. The summed E-state index contributed by atoms with van der Waals surface area (Å²) in [5.74, 6) is -5.24. The summed E-state index contributed by atoms with van der Waals surface area (Å²) in [7, 11) is 0. The van der Waals surface area contributed by atoms with Crippen molar-refractivity contribution in [2.75, 3.05) is 10.6 Å². The number of hydrogen-bond donors (Lipinski definition) is 3. The van der Waals surface area contributed by atoms with Gasteiger partial charge in [-0.1, -0.05) is 25.5 Å². The van der Waals surface area contributed by atoms with Crippen LogP contribution in [0.2, 0.25) is 0 Å². The van der Waals surface area contributed by atoms with Crippen LogP contribution in [0.25, 0.3) is 5.69 Å². The molecule has 0 spiro atoms. The Kier molecular flexibility index (Phi) is 7.14. The minimum atomic E-state index is -1.68. The molecule has 0 saturated carbocycles. The number of carboxylic acids is 1. The van der Waals surface area contributed by atoms with Gasteiger partial charge in [0.15, 0.2) is 17.5 Å². The predicted molar refractivity (Wildman–Crippen MR) is 112 cm³/mol. The summed E-state index contributed by atoms with van der Waals surface area (Å²) in [5.41, 5.74) is 1.35. The van der Waals surface area contributed by atoms with Crippen molar-refractivity contribution in [3.63, 3.8) is 0 Å². The molecule has 32 heavy (non-hydrogen) atoms. The van der Waals surface area contributed by atoms with Crippen LogP contribution in [-0.4, -0.2) is 26.9 Å². The van der Waals surface area contributed by atoms with Gasteiger partial charge in [0.05, 0.1) is 23.5 Å². The minimum absolute atomic E-state index is 0.131. The number of nitrogens with one attached hydrogen (secondary N) is 2. The molecular weight excluding hydrogens is 425 g/mol. The van der Waals surface area contributed by atoms with E-state index in [1.165, 1.54) is 4.68 Å².